The van der Waals surface area contributed by atoms with Crippen molar-refractivity contribution >= 4 is 5.78 Å². The summed E-state index contributed by atoms with van der Waals surface area (Å²) in [6.07, 6.45) is -3.12. The highest BCUT2D eigenvalue weighted by Gasteiger charge is 2.52. The van der Waals surface area contributed by atoms with Gasteiger partial charge in [0.05, 0.1) is 6.04 Å². The average Bonchev–Trinajstić information content (AvgIpc) is 2.98. The quantitative estimate of drug-likeness (QED) is 0.343. The first-order valence-corrected chi connectivity index (χ1v) is 7.86. The first-order valence-electron chi connectivity index (χ1n) is 7.86. The van der Waals surface area contributed by atoms with Gasteiger partial charge in [-0.1, -0.05) is 35.4 Å². The number of nitrogens with zero attached hydrogens (tertiary/aromatic N) is 4. The summed E-state index contributed by atoms with van der Waals surface area (Å²) < 4.78 is 20.9. The molecule has 1 saturated heterocycles. The van der Waals surface area contributed by atoms with E-state index in [0.717, 1.165) is 12.3 Å². The molecule has 0 saturated carbocycles. The van der Waals surface area contributed by atoms with Crippen LogP contribution in [0.4, 0.5) is 4.39 Å². The van der Waals surface area contributed by atoms with Crippen LogP contribution >= 0.6 is 0 Å². The number of benzene rings is 1. The Morgan fingerprint density at radius 3 is 2.74 bits per heavy atom. The number of nitrogens with one attached hydrogen (secondary N) is 1. The zero-order valence-corrected chi connectivity index (χ0v) is 13.7. The molecule has 2 N–H and O–H groups in total. The average molecular weight is 375 g/mol. The largest absolute Gasteiger partial charge is 0.382 e. The van der Waals surface area contributed by atoms with Crippen molar-refractivity contribution < 1.29 is 19.0 Å². The summed E-state index contributed by atoms with van der Waals surface area (Å²) in [6.45, 7) is 0. The van der Waals surface area contributed by atoms with E-state index < -0.39 is 47.7 Å². The summed E-state index contributed by atoms with van der Waals surface area (Å²) in [6, 6.07) is 7.40. The van der Waals surface area contributed by atoms with E-state index in [4.69, 9.17) is 10.3 Å². The summed E-state index contributed by atoms with van der Waals surface area (Å²) in [5.74, 6) is -3.57. The van der Waals surface area contributed by atoms with Crippen LogP contribution in [0.25, 0.3) is 10.4 Å². The predicted molar refractivity (Wildman–Crippen MR) is 89.6 cm³/mol. The Morgan fingerprint density at radius 1 is 1.41 bits per heavy atom. The zero-order chi connectivity index (χ0) is 19.6. The highest BCUT2D eigenvalue weighted by molar-refractivity contribution is 5.99. The van der Waals surface area contributed by atoms with E-state index in [0.29, 0.717) is 4.57 Å². The smallest absolute Gasteiger partial charge is 0.332 e. The van der Waals surface area contributed by atoms with Crippen LogP contribution in [0.2, 0.25) is 0 Å². The van der Waals surface area contributed by atoms with Crippen LogP contribution in [0.1, 0.15) is 16.8 Å². The third-order valence-electron chi connectivity index (χ3n) is 4.18. The number of carbonyl (C=O) groups is 1. The van der Waals surface area contributed by atoms with Gasteiger partial charge < -0.3 is 9.84 Å². The van der Waals surface area contributed by atoms with E-state index >= 15 is 4.39 Å². The van der Waals surface area contributed by atoms with Gasteiger partial charge in [-0.05, 0) is 5.53 Å². The molecule has 10 nitrogen and oxygen atoms in total. The minimum atomic E-state index is -2.82. The highest BCUT2D eigenvalue weighted by atomic mass is 19.2. The molecule has 1 aromatic carbocycles. The Hall–Kier alpha value is -3.27. The Labute approximate surface area is 150 Å². The fraction of sp³-hybridized carbons (Fsp3) is 0.312. The Kier molecular flexibility index (Phi) is 4.91. The van der Waals surface area contributed by atoms with Crippen LogP contribution in [0.3, 0.4) is 0 Å². The molecular formula is C16H14FN5O5. The van der Waals surface area contributed by atoms with Gasteiger partial charge in [0, 0.05) is 29.2 Å². The van der Waals surface area contributed by atoms with Crippen LogP contribution in [-0.2, 0) is 10.7 Å². The number of carbonyl (C=O) groups excluding carboxylic acids is 1. The summed E-state index contributed by atoms with van der Waals surface area (Å²) in [7, 11) is 0. The topological polar surface area (TPSA) is 150 Å². The molecule has 2 heterocycles. The maximum Gasteiger partial charge on any atom is 0.332 e. The van der Waals surface area contributed by atoms with Gasteiger partial charge in [-0.25, -0.2) is 9.36 Å². The number of aromatic nitrogens is 2. The molecule has 1 fully saturated rings. The van der Waals surface area contributed by atoms with Gasteiger partial charge in [0.2, 0.25) is 0 Å². The number of hydrogen-bond donors (Lipinski definition) is 2. The van der Waals surface area contributed by atoms with Crippen molar-refractivity contribution in [3.05, 3.63) is 79.4 Å². The predicted octanol–water partition coefficient (Wildman–Crippen LogP) is 0.828. The first-order chi connectivity index (χ1) is 12.9. The number of ether oxygens (including phenoxy) is 1. The number of aromatic amines is 1. The zero-order valence-electron chi connectivity index (χ0n) is 13.7. The number of H-pyrrole nitrogens is 1. The third kappa shape index (κ3) is 3.51. The molecule has 1 aliphatic heterocycles. The third-order valence-corrected chi connectivity index (χ3v) is 4.18. The van der Waals surface area contributed by atoms with E-state index in [1.165, 1.54) is 12.1 Å². The van der Waals surface area contributed by atoms with Gasteiger partial charge in [0.15, 0.2) is 5.78 Å². The lowest BCUT2D eigenvalue weighted by Crippen LogP contribution is -2.43. The SMILES string of the molecule is [N-]=[N+]=NC1C[C@](F)(n2ccc(=O)[nH]c2=O)O[C@@H]1C(O)C(=O)c1ccccc1. The molecule has 2 aromatic rings. The van der Waals surface area contributed by atoms with Crippen LogP contribution in [0.5, 0.6) is 0 Å². The fourth-order valence-corrected chi connectivity index (χ4v) is 2.91. The lowest BCUT2D eigenvalue weighted by Gasteiger charge is -2.24. The molecule has 0 radical (unpaired) electrons. The number of aliphatic hydroxyl groups excluding tert-OH is 1. The van der Waals surface area contributed by atoms with Crippen LogP contribution in [0.15, 0.2) is 57.3 Å². The molecular weight excluding hydrogens is 361 g/mol. The number of Topliss-reactive ketones (excluding diaryl/α,β-unsaturated/α-hetero) is 1. The fourth-order valence-electron chi connectivity index (χ4n) is 2.91. The maximum absolute atomic E-state index is 15.3. The summed E-state index contributed by atoms with van der Waals surface area (Å²) >= 11 is 0. The summed E-state index contributed by atoms with van der Waals surface area (Å²) in [5, 5.41) is 13.8. The second-order valence-corrected chi connectivity index (χ2v) is 5.90. The van der Waals surface area contributed by atoms with E-state index in [1.807, 2.05) is 4.98 Å². The second-order valence-electron chi connectivity index (χ2n) is 5.90. The molecule has 140 valence electrons. The van der Waals surface area contributed by atoms with E-state index in [1.54, 1.807) is 18.2 Å². The van der Waals surface area contributed by atoms with Crippen molar-refractivity contribution in [3.63, 3.8) is 0 Å². The summed E-state index contributed by atoms with van der Waals surface area (Å²) in [5.41, 5.74) is 7.05. The molecule has 0 aliphatic carbocycles. The molecule has 4 atom stereocenters. The number of hydrogen-bond acceptors (Lipinski definition) is 6. The van der Waals surface area contributed by atoms with Crippen molar-refractivity contribution in [3.8, 4) is 0 Å². The van der Waals surface area contributed by atoms with Crippen LogP contribution in [-0.4, -0.2) is 38.7 Å². The molecule has 1 aromatic heterocycles. The Bertz CT molecular complexity index is 1020. The number of alkyl halides is 1. The molecule has 1 aliphatic rings. The van der Waals surface area contributed by atoms with Crippen molar-refractivity contribution in [1.82, 2.24) is 9.55 Å². The van der Waals surface area contributed by atoms with Crippen molar-refractivity contribution in [2.45, 2.75) is 30.6 Å². The number of rotatable bonds is 5. The molecule has 0 amide bonds. The second kappa shape index (κ2) is 7.16. The van der Waals surface area contributed by atoms with Crippen molar-refractivity contribution in [1.29, 1.82) is 0 Å². The molecule has 3 rings (SSSR count). The minimum absolute atomic E-state index is 0.158. The monoisotopic (exact) mass is 375 g/mol. The number of azide groups is 1. The van der Waals surface area contributed by atoms with Crippen molar-refractivity contribution in [2.75, 3.05) is 0 Å². The Morgan fingerprint density at radius 2 is 2.11 bits per heavy atom. The standard InChI is InChI=1S/C16H14FN5O5/c17-16(22-7-6-11(23)19-15(22)26)8-10(20-21-18)14(27-16)13(25)12(24)9-4-2-1-3-5-9/h1-7,10,13-14,25H,8H2,(H,19,23,26)/t10?,13?,14-,16-/m0/s1. The maximum atomic E-state index is 15.3. The first kappa shape index (κ1) is 18.5. The van der Waals surface area contributed by atoms with E-state index in [-0.39, 0.29) is 5.56 Å². The number of halogens is 1. The van der Waals surface area contributed by atoms with Gasteiger partial charge in [0.25, 0.3) is 11.5 Å². The molecule has 0 bridgehead atoms. The Balaban J connectivity index is 1.95. The van der Waals surface area contributed by atoms with E-state index in [9.17, 15) is 19.5 Å². The molecule has 2 unspecified atom stereocenters. The number of aliphatic hydroxyl groups is 1. The minimum Gasteiger partial charge on any atom is -0.382 e. The van der Waals surface area contributed by atoms with Gasteiger partial charge in [-0.15, -0.1) is 0 Å². The molecule has 0 spiro atoms. The molecule has 27 heavy (non-hydrogen) atoms. The molecule has 11 heteroatoms. The number of ketones is 1. The lowest BCUT2D eigenvalue weighted by atomic mass is 9.98. The summed E-state index contributed by atoms with van der Waals surface area (Å²) in [4.78, 5) is 40.0. The van der Waals surface area contributed by atoms with Crippen molar-refractivity contribution in [2.24, 2.45) is 5.11 Å². The van der Waals surface area contributed by atoms with Crippen LogP contribution in [0, 0.1) is 0 Å². The van der Waals surface area contributed by atoms with Crippen LogP contribution < -0.4 is 11.2 Å². The van der Waals surface area contributed by atoms with E-state index in [2.05, 4.69) is 10.0 Å². The van der Waals surface area contributed by atoms with Gasteiger partial charge in [-0.3, -0.25) is 14.6 Å². The highest BCUT2D eigenvalue weighted by Crippen LogP contribution is 2.39. The normalized spacial score (nSPS) is 25.6. The lowest BCUT2D eigenvalue weighted by molar-refractivity contribution is -0.210. The van der Waals surface area contributed by atoms with Gasteiger partial charge in [-0.2, -0.15) is 4.39 Å². The van der Waals surface area contributed by atoms with Gasteiger partial charge >= 0.3 is 5.69 Å². The van der Waals surface area contributed by atoms with Gasteiger partial charge in [0.1, 0.15) is 12.2 Å².